The number of nitrogens with zero attached hydrogens (tertiary/aromatic N) is 12. The average molecular weight is 789 g/mol. The summed E-state index contributed by atoms with van der Waals surface area (Å²) in [6.45, 7) is 11.2. The van der Waals surface area contributed by atoms with E-state index in [9.17, 15) is 10.2 Å². The summed E-state index contributed by atoms with van der Waals surface area (Å²) in [5.74, 6) is 2.82. The van der Waals surface area contributed by atoms with E-state index in [0.717, 1.165) is 70.4 Å². The average Bonchev–Trinajstić information content (AvgIpc) is 4.09. The highest BCUT2D eigenvalue weighted by Gasteiger charge is 2.47. The van der Waals surface area contributed by atoms with Gasteiger partial charge in [0.05, 0.1) is 12.9 Å². The van der Waals surface area contributed by atoms with Crippen molar-refractivity contribution in [3.63, 3.8) is 0 Å². The molecule has 4 aliphatic rings. The summed E-state index contributed by atoms with van der Waals surface area (Å²) in [6, 6.07) is 2.41. The third-order valence-corrected chi connectivity index (χ3v) is 11.8. The van der Waals surface area contributed by atoms with Crippen molar-refractivity contribution in [3.05, 3.63) is 24.4 Å². The monoisotopic (exact) mass is 789 g/mol. The summed E-state index contributed by atoms with van der Waals surface area (Å²) in [5.41, 5.74) is 1.06. The number of anilines is 4. The molecule has 0 amide bonds. The minimum Gasteiger partial charge on any atom is -0.387 e. The number of aliphatic hydroxyl groups is 2. The molecular weight excluding hydrogens is 729 g/mol. The van der Waals surface area contributed by atoms with Crippen LogP contribution in [0.25, 0.3) is 11.2 Å². The Morgan fingerprint density at radius 2 is 1.44 bits per heavy atom. The van der Waals surface area contributed by atoms with Crippen molar-refractivity contribution in [2.75, 3.05) is 73.6 Å². The van der Waals surface area contributed by atoms with E-state index in [1.807, 2.05) is 19.2 Å². The molecule has 8 rings (SSSR count). The van der Waals surface area contributed by atoms with Gasteiger partial charge in [0.15, 0.2) is 29.3 Å². The van der Waals surface area contributed by atoms with E-state index >= 15 is 0 Å². The normalized spacial score (nSPS) is 25.7. The lowest BCUT2D eigenvalue weighted by atomic mass is 9.91. The van der Waals surface area contributed by atoms with Gasteiger partial charge < -0.3 is 46.0 Å². The summed E-state index contributed by atoms with van der Waals surface area (Å²) >= 11 is 0. The molecule has 4 aromatic rings. The number of ether oxygens (including phenoxy) is 1. The Bertz CT molecular complexity index is 1850. The van der Waals surface area contributed by atoms with Gasteiger partial charge in [-0.25, -0.2) is 9.97 Å². The molecule has 6 N–H and O–H groups in total. The van der Waals surface area contributed by atoms with Gasteiger partial charge in [-0.1, -0.05) is 0 Å². The predicted octanol–water partition coefficient (Wildman–Crippen LogP) is 3.03. The van der Waals surface area contributed by atoms with Crippen molar-refractivity contribution < 1.29 is 14.9 Å². The third kappa shape index (κ3) is 9.88. The van der Waals surface area contributed by atoms with E-state index in [1.165, 1.54) is 69.6 Å². The van der Waals surface area contributed by atoms with Crippen molar-refractivity contribution >= 4 is 34.7 Å². The van der Waals surface area contributed by atoms with Gasteiger partial charge in [0.2, 0.25) is 17.7 Å². The van der Waals surface area contributed by atoms with Crippen LogP contribution in [-0.4, -0.2) is 146 Å². The molecular formula is C38H60N16O3. The second kappa shape index (κ2) is 19.0. The lowest BCUT2D eigenvalue weighted by molar-refractivity contribution is -0.0384. The Hall–Kier alpha value is -4.30. The number of aromatic nitrogens is 10. The van der Waals surface area contributed by atoms with Crippen LogP contribution < -0.4 is 21.3 Å². The number of aliphatic hydroxyl groups excluding tert-OH is 2. The Morgan fingerprint density at radius 1 is 0.772 bits per heavy atom. The first-order valence-electron chi connectivity index (χ1n) is 21.3. The summed E-state index contributed by atoms with van der Waals surface area (Å²) in [7, 11) is 0. The Kier molecular flexibility index (Phi) is 13.2. The van der Waals surface area contributed by atoms with Crippen LogP contribution in [0.2, 0.25) is 0 Å². The van der Waals surface area contributed by atoms with E-state index in [4.69, 9.17) is 24.7 Å². The van der Waals surface area contributed by atoms with E-state index < -0.39 is 24.5 Å². The zero-order chi connectivity index (χ0) is 39.0. The van der Waals surface area contributed by atoms with Crippen molar-refractivity contribution in [3.8, 4) is 0 Å². The van der Waals surface area contributed by atoms with Crippen LogP contribution in [0, 0.1) is 0 Å². The molecule has 0 spiro atoms. The number of rotatable bonds is 19. The number of hydrogen-bond acceptors (Lipinski definition) is 17. The van der Waals surface area contributed by atoms with Crippen LogP contribution in [-0.2, 0) is 11.3 Å². The largest absolute Gasteiger partial charge is 0.387 e. The molecule has 3 aliphatic heterocycles. The lowest BCUT2D eigenvalue weighted by Crippen LogP contribution is -2.33. The minimum absolute atomic E-state index is 0.176. The van der Waals surface area contributed by atoms with Crippen LogP contribution in [0.3, 0.4) is 0 Å². The van der Waals surface area contributed by atoms with E-state index in [0.29, 0.717) is 41.5 Å². The SMILES string of the molecule is CCn1nnc([C@H]2O[C@@H](n3cnc4c(NC5CCC(Nc6ccnc(NCCCCN7CCCC7)n6)CC5)nc(NCCCCN5CCCC5)nc43)[C@H](O)[C@@H]2O)n1. The van der Waals surface area contributed by atoms with Crippen LogP contribution in [0.5, 0.6) is 0 Å². The standard InChI is InChI=1S/C38H60N16O3/c1-2-54-49-34(48-50-54)32-30(55)31(56)36(57-32)53-25-42-29-33(46-38(47-35(29)53)40-17-4-6-20-52-23-9-10-24-52)44-27-13-11-26(12-14-27)43-28-15-18-41-37(45-28)39-16-3-5-19-51-21-7-8-22-51/h15,18,25-27,30-32,36,55-56H,2-14,16-17,19-24H2,1H3,(H2,39,41,43,45)(H2,40,44,46,47)/t26?,27?,30-,31+,32-,36+/m0/s1. The highest BCUT2D eigenvalue weighted by molar-refractivity contribution is 5.84. The van der Waals surface area contributed by atoms with E-state index in [1.54, 1.807) is 10.9 Å². The molecule has 7 heterocycles. The van der Waals surface area contributed by atoms with Crippen LogP contribution in [0.4, 0.5) is 23.5 Å². The number of imidazole rings is 1. The molecule has 0 unspecified atom stereocenters. The molecule has 4 fully saturated rings. The molecule has 19 heteroatoms. The maximum Gasteiger partial charge on any atom is 0.226 e. The lowest BCUT2D eigenvalue weighted by Gasteiger charge is -2.30. The fourth-order valence-electron chi connectivity index (χ4n) is 8.53. The van der Waals surface area contributed by atoms with Crippen molar-refractivity contribution in [1.29, 1.82) is 0 Å². The van der Waals surface area contributed by atoms with E-state index in [2.05, 4.69) is 51.5 Å². The van der Waals surface area contributed by atoms with Gasteiger partial charge in [-0.15, -0.1) is 10.2 Å². The molecule has 3 saturated heterocycles. The zero-order valence-corrected chi connectivity index (χ0v) is 33.2. The highest BCUT2D eigenvalue weighted by atomic mass is 16.6. The smallest absolute Gasteiger partial charge is 0.226 e. The van der Waals surface area contributed by atoms with Crippen LogP contribution >= 0.6 is 0 Å². The van der Waals surface area contributed by atoms with Gasteiger partial charge in [-0.05, 0) is 135 Å². The van der Waals surface area contributed by atoms with Gasteiger partial charge in [-0.2, -0.15) is 19.7 Å². The number of nitrogens with one attached hydrogen (secondary N) is 4. The van der Waals surface area contributed by atoms with Gasteiger partial charge in [-0.3, -0.25) is 4.57 Å². The highest BCUT2D eigenvalue weighted by Crippen LogP contribution is 2.39. The quantitative estimate of drug-likeness (QED) is 0.0753. The maximum atomic E-state index is 11.2. The van der Waals surface area contributed by atoms with Gasteiger partial charge in [0.25, 0.3) is 0 Å². The third-order valence-electron chi connectivity index (χ3n) is 11.8. The Balaban J connectivity index is 0.896. The molecule has 1 saturated carbocycles. The number of tetrazole rings is 1. The molecule has 19 nitrogen and oxygen atoms in total. The summed E-state index contributed by atoms with van der Waals surface area (Å²) in [4.78, 5) is 30.2. The van der Waals surface area contributed by atoms with Crippen LogP contribution in [0.1, 0.15) is 102 Å². The molecule has 57 heavy (non-hydrogen) atoms. The van der Waals surface area contributed by atoms with E-state index in [-0.39, 0.29) is 11.9 Å². The zero-order valence-electron chi connectivity index (χ0n) is 33.2. The molecule has 4 atom stereocenters. The second-order valence-electron chi connectivity index (χ2n) is 16.0. The first kappa shape index (κ1) is 39.5. The summed E-state index contributed by atoms with van der Waals surface area (Å²) in [6.07, 6.45) is 12.3. The van der Waals surface area contributed by atoms with Crippen molar-refractivity contribution in [2.45, 2.75) is 127 Å². The first-order valence-corrected chi connectivity index (χ1v) is 21.3. The van der Waals surface area contributed by atoms with Crippen molar-refractivity contribution in [2.24, 2.45) is 0 Å². The molecule has 4 aromatic heterocycles. The van der Waals surface area contributed by atoms with Gasteiger partial charge >= 0.3 is 0 Å². The Labute approximate surface area is 333 Å². The Morgan fingerprint density at radius 3 is 2.11 bits per heavy atom. The summed E-state index contributed by atoms with van der Waals surface area (Å²) < 4.78 is 7.87. The number of unbranched alkanes of at least 4 members (excludes halogenated alkanes) is 2. The number of aryl methyl sites for hydroxylation is 1. The van der Waals surface area contributed by atoms with Crippen LogP contribution in [0.15, 0.2) is 18.6 Å². The number of likely N-dealkylation sites (tertiary alicyclic amines) is 2. The fraction of sp³-hybridized carbons (Fsp3) is 0.737. The molecule has 1 aliphatic carbocycles. The fourth-order valence-corrected chi connectivity index (χ4v) is 8.53. The minimum atomic E-state index is -1.27. The topological polar surface area (TPSA) is 217 Å². The molecule has 310 valence electrons. The maximum absolute atomic E-state index is 11.2. The van der Waals surface area contributed by atoms with Gasteiger partial charge in [0, 0.05) is 31.4 Å². The predicted molar refractivity (Wildman–Crippen MR) is 216 cm³/mol. The molecule has 0 bridgehead atoms. The number of hydrogen-bond donors (Lipinski definition) is 6. The van der Waals surface area contributed by atoms with Gasteiger partial charge in [0.1, 0.15) is 18.0 Å². The summed E-state index contributed by atoms with van der Waals surface area (Å²) in [5, 5.41) is 48.8. The molecule has 0 radical (unpaired) electrons. The van der Waals surface area contributed by atoms with Crippen molar-refractivity contribution in [1.82, 2.24) is 59.5 Å². The second-order valence-corrected chi connectivity index (χ2v) is 16.0. The first-order chi connectivity index (χ1) is 28.0. The number of fused-ring (bicyclic) bond motifs is 1. The molecule has 0 aromatic carbocycles.